The van der Waals surface area contributed by atoms with Crippen molar-refractivity contribution < 1.29 is 19.4 Å². The number of rotatable bonds is 6. The molecule has 4 saturated carbocycles. The van der Waals surface area contributed by atoms with Gasteiger partial charge in [0.2, 0.25) is 0 Å². The molecule has 1 aromatic rings. The van der Waals surface area contributed by atoms with E-state index in [0.717, 1.165) is 36.3 Å². The van der Waals surface area contributed by atoms with Crippen molar-refractivity contribution in [1.29, 1.82) is 0 Å². The maximum Gasteiger partial charge on any atom is 0.306 e. The van der Waals surface area contributed by atoms with Gasteiger partial charge in [0.05, 0.1) is 17.7 Å². The summed E-state index contributed by atoms with van der Waals surface area (Å²) in [4.78, 5) is 25.6. The molecule has 4 atom stereocenters. The van der Waals surface area contributed by atoms with Crippen molar-refractivity contribution >= 4 is 29.3 Å². The standard InChI is InChI=1S/C21H27NO4S/c1-27-17-5-3-2-4-16(17)22-18(23)12-26-19(24)11-20-7-14-6-15(8-20)10-21(25,9-14)13-20/h2-5,14-15,25H,6-13H2,1H3,(H,22,23)/t14-,15+,20?,21?. The molecular weight excluding hydrogens is 362 g/mol. The maximum atomic E-state index is 12.4. The van der Waals surface area contributed by atoms with Crippen molar-refractivity contribution in [3.63, 3.8) is 0 Å². The highest BCUT2D eigenvalue weighted by atomic mass is 32.2. The van der Waals surface area contributed by atoms with Crippen LogP contribution in [0.15, 0.2) is 29.2 Å². The lowest BCUT2D eigenvalue weighted by atomic mass is 9.47. The first-order chi connectivity index (χ1) is 12.9. The number of ether oxygens (including phenoxy) is 1. The van der Waals surface area contributed by atoms with E-state index < -0.39 is 5.60 Å². The minimum atomic E-state index is -0.580. The molecule has 4 fully saturated rings. The van der Waals surface area contributed by atoms with Crippen molar-refractivity contribution in [1.82, 2.24) is 0 Å². The number of anilines is 1. The zero-order chi connectivity index (χ0) is 19.1. The van der Waals surface area contributed by atoms with Crippen LogP contribution < -0.4 is 5.32 Å². The zero-order valence-corrected chi connectivity index (χ0v) is 16.5. The summed E-state index contributed by atoms with van der Waals surface area (Å²) in [5, 5.41) is 13.6. The number of hydrogen-bond acceptors (Lipinski definition) is 5. The highest BCUT2D eigenvalue weighted by molar-refractivity contribution is 7.98. The second-order valence-electron chi connectivity index (χ2n) is 8.77. The van der Waals surface area contributed by atoms with Gasteiger partial charge in [0.25, 0.3) is 5.91 Å². The van der Waals surface area contributed by atoms with Gasteiger partial charge in [-0.3, -0.25) is 9.59 Å². The summed E-state index contributed by atoms with van der Waals surface area (Å²) in [5.41, 5.74) is 0.0237. The Labute approximate surface area is 164 Å². The van der Waals surface area contributed by atoms with Gasteiger partial charge in [-0.2, -0.15) is 0 Å². The van der Waals surface area contributed by atoms with Crippen LogP contribution in [0, 0.1) is 17.3 Å². The molecule has 4 aliphatic carbocycles. The van der Waals surface area contributed by atoms with Gasteiger partial charge in [0.1, 0.15) is 0 Å². The number of carbonyl (C=O) groups is 2. The third-order valence-electron chi connectivity index (χ3n) is 6.42. The van der Waals surface area contributed by atoms with E-state index in [9.17, 15) is 14.7 Å². The molecule has 5 nitrogen and oxygen atoms in total. The SMILES string of the molecule is CSc1ccccc1NC(=O)COC(=O)CC12C[C@@H]3C[C@@H](CC(O)(C3)C1)C2. The molecule has 0 spiro atoms. The maximum absolute atomic E-state index is 12.4. The van der Waals surface area contributed by atoms with Crippen LogP contribution in [-0.2, 0) is 14.3 Å². The Kier molecular flexibility index (Phi) is 4.97. The van der Waals surface area contributed by atoms with E-state index in [1.165, 1.54) is 6.42 Å². The lowest BCUT2D eigenvalue weighted by Gasteiger charge is -2.60. The van der Waals surface area contributed by atoms with E-state index in [4.69, 9.17) is 4.74 Å². The van der Waals surface area contributed by atoms with Gasteiger partial charge in [-0.1, -0.05) is 12.1 Å². The first-order valence-electron chi connectivity index (χ1n) is 9.70. The average Bonchev–Trinajstić information content (AvgIpc) is 2.58. The molecule has 5 rings (SSSR count). The summed E-state index contributed by atoms with van der Waals surface area (Å²) < 4.78 is 5.28. The number of nitrogens with one attached hydrogen (secondary N) is 1. The third kappa shape index (κ3) is 4.02. The highest BCUT2D eigenvalue weighted by Gasteiger charge is 2.57. The monoisotopic (exact) mass is 389 g/mol. The van der Waals surface area contributed by atoms with Crippen LogP contribution in [0.25, 0.3) is 0 Å². The van der Waals surface area contributed by atoms with Crippen LogP contribution in [0.4, 0.5) is 5.69 Å². The molecule has 4 bridgehead atoms. The summed E-state index contributed by atoms with van der Waals surface area (Å²) in [6, 6.07) is 7.55. The van der Waals surface area contributed by atoms with Crippen LogP contribution >= 0.6 is 11.8 Å². The minimum absolute atomic E-state index is 0.127. The van der Waals surface area contributed by atoms with Gasteiger partial charge in [0, 0.05) is 4.90 Å². The van der Waals surface area contributed by atoms with Gasteiger partial charge < -0.3 is 15.2 Å². The molecule has 0 saturated heterocycles. The van der Waals surface area contributed by atoms with Crippen molar-refractivity contribution in [2.45, 2.75) is 55.4 Å². The zero-order valence-electron chi connectivity index (χ0n) is 15.7. The first kappa shape index (κ1) is 18.8. The van der Waals surface area contributed by atoms with Crippen LogP contribution in [0.5, 0.6) is 0 Å². The van der Waals surface area contributed by atoms with Gasteiger partial charge >= 0.3 is 5.97 Å². The Hall–Kier alpha value is -1.53. The van der Waals surface area contributed by atoms with Crippen molar-refractivity contribution in [3.8, 4) is 0 Å². The normalized spacial score (nSPS) is 33.7. The number of aliphatic hydroxyl groups is 1. The second kappa shape index (κ2) is 7.13. The van der Waals surface area contributed by atoms with Gasteiger partial charge in [0.15, 0.2) is 6.61 Å². The van der Waals surface area contributed by atoms with Crippen LogP contribution in [-0.4, -0.2) is 35.4 Å². The van der Waals surface area contributed by atoms with Crippen molar-refractivity contribution in [2.75, 3.05) is 18.2 Å². The van der Waals surface area contributed by atoms with E-state index in [-0.39, 0.29) is 23.9 Å². The largest absolute Gasteiger partial charge is 0.456 e. The predicted molar refractivity (Wildman–Crippen MR) is 104 cm³/mol. The van der Waals surface area contributed by atoms with E-state index in [0.29, 0.717) is 24.7 Å². The molecule has 1 amide bonds. The number of esters is 1. The number of thioether (sulfide) groups is 1. The Morgan fingerprint density at radius 2 is 1.93 bits per heavy atom. The first-order valence-corrected chi connectivity index (χ1v) is 10.9. The number of benzene rings is 1. The van der Waals surface area contributed by atoms with E-state index in [1.807, 2.05) is 30.5 Å². The lowest BCUT2D eigenvalue weighted by molar-refractivity contribution is -0.177. The fraction of sp³-hybridized carbons (Fsp3) is 0.619. The Bertz CT molecular complexity index is 735. The molecule has 2 unspecified atom stereocenters. The lowest BCUT2D eigenvalue weighted by Crippen LogP contribution is -2.56. The van der Waals surface area contributed by atoms with E-state index >= 15 is 0 Å². The van der Waals surface area contributed by atoms with Crippen LogP contribution in [0.1, 0.15) is 44.9 Å². The Morgan fingerprint density at radius 1 is 1.22 bits per heavy atom. The number of carbonyl (C=O) groups excluding carboxylic acids is 2. The molecule has 146 valence electrons. The molecule has 4 aliphatic rings. The molecule has 6 heteroatoms. The quantitative estimate of drug-likeness (QED) is 0.574. The molecule has 27 heavy (non-hydrogen) atoms. The molecule has 1 aromatic carbocycles. The van der Waals surface area contributed by atoms with Crippen LogP contribution in [0.2, 0.25) is 0 Å². The third-order valence-corrected chi connectivity index (χ3v) is 7.21. The Morgan fingerprint density at radius 3 is 2.59 bits per heavy atom. The number of hydrogen-bond donors (Lipinski definition) is 2. The molecule has 2 N–H and O–H groups in total. The Balaban J connectivity index is 1.30. The van der Waals surface area contributed by atoms with Crippen molar-refractivity contribution in [3.05, 3.63) is 24.3 Å². The predicted octanol–water partition coefficient (Wildman–Crippen LogP) is 3.61. The summed E-state index contributed by atoms with van der Waals surface area (Å²) in [7, 11) is 0. The van der Waals surface area contributed by atoms with Gasteiger partial charge in [-0.25, -0.2) is 0 Å². The second-order valence-corrected chi connectivity index (χ2v) is 9.62. The molecule has 0 aromatic heterocycles. The van der Waals surface area contributed by atoms with E-state index in [2.05, 4.69) is 5.32 Å². The average molecular weight is 390 g/mol. The van der Waals surface area contributed by atoms with Crippen molar-refractivity contribution in [2.24, 2.45) is 17.3 Å². The summed E-state index contributed by atoms with van der Waals surface area (Å²) in [5.74, 6) is 0.425. The summed E-state index contributed by atoms with van der Waals surface area (Å²) in [6.07, 6.45) is 7.95. The molecule has 0 aliphatic heterocycles. The fourth-order valence-corrected chi connectivity index (χ4v) is 6.60. The number of para-hydroxylation sites is 1. The topological polar surface area (TPSA) is 75.6 Å². The highest BCUT2D eigenvalue weighted by Crippen LogP contribution is 2.62. The smallest absolute Gasteiger partial charge is 0.306 e. The minimum Gasteiger partial charge on any atom is -0.456 e. The fourth-order valence-electron chi connectivity index (χ4n) is 6.05. The van der Waals surface area contributed by atoms with Gasteiger partial charge in [-0.05, 0) is 74.2 Å². The van der Waals surface area contributed by atoms with Gasteiger partial charge in [-0.15, -0.1) is 11.8 Å². The number of amides is 1. The van der Waals surface area contributed by atoms with Crippen LogP contribution in [0.3, 0.4) is 0 Å². The molecular formula is C21H27NO4S. The summed E-state index contributed by atoms with van der Waals surface area (Å²) in [6.45, 7) is -0.269. The summed E-state index contributed by atoms with van der Waals surface area (Å²) >= 11 is 1.55. The molecule has 0 heterocycles. The molecule has 0 radical (unpaired) electrons. The van der Waals surface area contributed by atoms with E-state index in [1.54, 1.807) is 11.8 Å².